The lowest BCUT2D eigenvalue weighted by Gasteiger charge is -2.26. The summed E-state index contributed by atoms with van der Waals surface area (Å²) in [6.45, 7) is 3.16. The van der Waals surface area contributed by atoms with Crippen molar-refractivity contribution in [3.63, 3.8) is 0 Å². The number of nitrogens with two attached hydrogens (primary N) is 1. The maximum atomic E-state index is 12.5. The molecule has 0 saturated carbocycles. The van der Waals surface area contributed by atoms with Crippen LogP contribution in [0.5, 0.6) is 0 Å². The maximum Gasteiger partial charge on any atom is 0.322 e. The van der Waals surface area contributed by atoms with E-state index in [2.05, 4.69) is 15.8 Å². The molecule has 1 aromatic heterocycles. The molecule has 0 bridgehead atoms. The van der Waals surface area contributed by atoms with Crippen LogP contribution in [0.4, 0.5) is 0 Å². The molecule has 142 valence electrons. The molecule has 1 aromatic carbocycles. The quantitative estimate of drug-likeness (QED) is 0.799. The first-order valence-corrected chi connectivity index (χ1v) is 9.69. The number of rotatable bonds is 5. The second-order valence-electron chi connectivity index (χ2n) is 6.51. The van der Waals surface area contributed by atoms with E-state index in [4.69, 9.17) is 5.73 Å². The molecule has 0 spiro atoms. The second kappa shape index (κ2) is 8.45. The Bertz CT molecular complexity index is 858. The predicted octanol–water partition coefficient (Wildman–Crippen LogP) is 2.42. The van der Waals surface area contributed by atoms with E-state index in [1.165, 1.54) is 24.0 Å². The van der Waals surface area contributed by atoms with Gasteiger partial charge in [0.1, 0.15) is 11.7 Å². The first-order valence-electron chi connectivity index (χ1n) is 8.81. The van der Waals surface area contributed by atoms with E-state index in [-0.39, 0.29) is 5.91 Å². The molecule has 0 unspecified atom stereocenters. The average molecular weight is 385 g/mol. The Kier molecular flexibility index (Phi) is 6.03. The number of carbonyl (C=O) groups is 2. The minimum Gasteiger partial charge on any atom is -0.468 e. The summed E-state index contributed by atoms with van der Waals surface area (Å²) in [6, 6.07) is 7.38. The standard InChI is InChI=1S/C20H23N3O3S/c1-13-22-18(12-27-13)19(24)23-9-7-16(8-10-23)15-5-3-14(4-6-15)11-17(21)20(25)26-2/h3-7,12,17H,8-11,21H2,1-2H3/t17-/m0/s1. The highest BCUT2D eigenvalue weighted by atomic mass is 32.1. The van der Waals surface area contributed by atoms with Gasteiger partial charge in [0.15, 0.2) is 0 Å². The summed E-state index contributed by atoms with van der Waals surface area (Å²) in [5.74, 6) is -0.420. The number of carbonyl (C=O) groups excluding carboxylic acids is 2. The minimum absolute atomic E-state index is 0.0122. The number of amides is 1. The van der Waals surface area contributed by atoms with E-state index >= 15 is 0 Å². The van der Waals surface area contributed by atoms with Gasteiger partial charge in [-0.3, -0.25) is 9.59 Å². The van der Waals surface area contributed by atoms with Gasteiger partial charge in [-0.2, -0.15) is 0 Å². The molecule has 0 fully saturated rings. The van der Waals surface area contributed by atoms with Gasteiger partial charge >= 0.3 is 5.97 Å². The summed E-state index contributed by atoms with van der Waals surface area (Å²) in [5, 5.41) is 2.72. The van der Waals surface area contributed by atoms with Crippen LogP contribution >= 0.6 is 11.3 Å². The Morgan fingerprint density at radius 3 is 2.63 bits per heavy atom. The van der Waals surface area contributed by atoms with Crippen LogP contribution in [0, 0.1) is 6.92 Å². The molecule has 2 aromatic rings. The van der Waals surface area contributed by atoms with Gasteiger partial charge in [0.2, 0.25) is 0 Å². The third-order valence-electron chi connectivity index (χ3n) is 4.62. The highest BCUT2D eigenvalue weighted by Gasteiger charge is 2.21. The first-order chi connectivity index (χ1) is 13.0. The Morgan fingerprint density at radius 2 is 2.07 bits per heavy atom. The molecule has 0 saturated heterocycles. The number of benzene rings is 1. The average Bonchev–Trinajstić information content (AvgIpc) is 3.13. The van der Waals surface area contributed by atoms with Crippen LogP contribution in [-0.2, 0) is 16.0 Å². The van der Waals surface area contributed by atoms with Gasteiger partial charge in [-0.15, -0.1) is 11.3 Å². The number of aromatic nitrogens is 1. The molecule has 1 aliphatic rings. The zero-order chi connectivity index (χ0) is 19.4. The number of hydrogen-bond acceptors (Lipinski definition) is 6. The fourth-order valence-corrected chi connectivity index (χ4v) is 3.67. The fourth-order valence-electron chi connectivity index (χ4n) is 3.08. The summed E-state index contributed by atoms with van der Waals surface area (Å²) < 4.78 is 4.66. The summed E-state index contributed by atoms with van der Waals surface area (Å²) in [4.78, 5) is 30.0. The zero-order valence-corrected chi connectivity index (χ0v) is 16.3. The second-order valence-corrected chi connectivity index (χ2v) is 7.58. The van der Waals surface area contributed by atoms with Crippen LogP contribution in [0.25, 0.3) is 5.57 Å². The van der Waals surface area contributed by atoms with E-state index in [1.54, 1.807) is 0 Å². The molecule has 27 heavy (non-hydrogen) atoms. The van der Waals surface area contributed by atoms with E-state index in [9.17, 15) is 9.59 Å². The van der Waals surface area contributed by atoms with Crippen molar-refractivity contribution in [2.45, 2.75) is 25.8 Å². The van der Waals surface area contributed by atoms with Crippen LogP contribution in [0.1, 0.15) is 33.0 Å². The van der Waals surface area contributed by atoms with Crippen LogP contribution < -0.4 is 5.73 Å². The monoisotopic (exact) mass is 385 g/mol. The Labute approximate surface area is 162 Å². The number of hydrogen-bond donors (Lipinski definition) is 1. The van der Waals surface area contributed by atoms with Crippen LogP contribution in [0.15, 0.2) is 35.7 Å². The molecule has 1 atom stereocenters. The van der Waals surface area contributed by atoms with E-state index in [1.807, 2.05) is 41.5 Å². The molecular weight excluding hydrogens is 362 g/mol. The Hall–Kier alpha value is -2.51. The fraction of sp³-hybridized carbons (Fsp3) is 0.350. The molecule has 0 radical (unpaired) electrons. The van der Waals surface area contributed by atoms with E-state index < -0.39 is 12.0 Å². The number of ether oxygens (including phenoxy) is 1. The number of nitrogens with zero attached hydrogens (tertiary/aromatic N) is 2. The van der Waals surface area contributed by atoms with Gasteiger partial charge in [-0.05, 0) is 36.5 Å². The molecule has 2 N–H and O–H groups in total. The SMILES string of the molecule is COC(=O)[C@@H](N)Cc1ccc(C2=CCN(C(=O)c3csc(C)n3)CC2)cc1. The lowest BCUT2D eigenvalue weighted by molar-refractivity contribution is -0.142. The smallest absolute Gasteiger partial charge is 0.322 e. The van der Waals surface area contributed by atoms with Gasteiger partial charge in [0.05, 0.1) is 12.1 Å². The zero-order valence-electron chi connectivity index (χ0n) is 15.5. The summed E-state index contributed by atoms with van der Waals surface area (Å²) in [5.41, 5.74) is 9.67. The minimum atomic E-state index is -0.649. The normalized spacial score (nSPS) is 15.2. The van der Waals surface area contributed by atoms with Gasteiger partial charge in [-0.1, -0.05) is 30.3 Å². The topological polar surface area (TPSA) is 85.5 Å². The Morgan fingerprint density at radius 1 is 1.33 bits per heavy atom. The molecule has 2 heterocycles. The van der Waals surface area contributed by atoms with E-state index in [0.29, 0.717) is 25.2 Å². The van der Waals surface area contributed by atoms with Crippen LogP contribution in [0.3, 0.4) is 0 Å². The van der Waals surface area contributed by atoms with Crippen molar-refractivity contribution in [2.24, 2.45) is 5.73 Å². The largest absolute Gasteiger partial charge is 0.468 e. The van der Waals surface area contributed by atoms with Crippen LogP contribution in [-0.4, -0.2) is 48.0 Å². The lowest BCUT2D eigenvalue weighted by atomic mass is 9.97. The molecule has 3 rings (SSSR count). The van der Waals surface area contributed by atoms with Gasteiger partial charge in [0, 0.05) is 18.5 Å². The van der Waals surface area contributed by atoms with Gasteiger partial charge < -0.3 is 15.4 Å². The maximum absolute atomic E-state index is 12.5. The highest BCUT2D eigenvalue weighted by molar-refractivity contribution is 7.09. The number of aryl methyl sites for hydroxylation is 1. The molecule has 0 aliphatic carbocycles. The Balaban J connectivity index is 1.62. The van der Waals surface area contributed by atoms with Crippen LogP contribution in [0.2, 0.25) is 0 Å². The van der Waals surface area contributed by atoms with Crippen molar-refractivity contribution in [1.82, 2.24) is 9.88 Å². The molecule has 1 amide bonds. The number of thiazole rings is 1. The molecular formula is C20H23N3O3S. The summed E-state index contributed by atoms with van der Waals surface area (Å²) >= 11 is 1.49. The molecule has 7 heteroatoms. The number of esters is 1. The highest BCUT2D eigenvalue weighted by Crippen LogP contribution is 2.24. The van der Waals surface area contributed by atoms with Crippen molar-refractivity contribution in [2.75, 3.05) is 20.2 Å². The van der Waals surface area contributed by atoms with Crippen molar-refractivity contribution in [3.05, 3.63) is 57.6 Å². The lowest BCUT2D eigenvalue weighted by Crippen LogP contribution is -2.34. The third-order valence-corrected chi connectivity index (χ3v) is 5.39. The van der Waals surface area contributed by atoms with E-state index in [0.717, 1.165) is 22.6 Å². The first kappa shape index (κ1) is 19.3. The third kappa shape index (κ3) is 4.61. The van der Waals surface area contributed by atoms with Crippen molar-refractivity contribution in [1.29, 1.82) is 0 Å². The van der Waals surface area contributed by atoms with Gasteiger partial charge in [-0.25, -0.2) is 4.98 Å². The predicted molar refractivity (Wildman–Crippen MR) is 105 cm³/mol. The van der Waals surface area contributed by atoms with Crippen molar-refractivity contribution in [3.8, 4) is 0 Å². The van der Waals surface area contributed by atoms with Crippen molar-refractivity contribution >= 4 is 28.8 Å². The number of methoxy groups -OCH3 is 1. The molecule has 1 aliphatic heterocycles. The summed E-state index contributed by atoms with van der Waals surface area (Å²) in [6.07, 6.45) is 3.34. The molecule has 6 nitrogen and oxygen atoms in total. The van der Waals surface area contributed by atoms with Gasteiger partial charge in [0.25, 0.3) is 5.91 Å². The summed E-state index contributed by atoms with van der Waals surface area (Å²) in [7, 11) is 1.34. The van der Waals surface area contributed by atoms with Crippen molar-refractivity contribution < 1.29 is 14.3 Å².